The molecule has 0 bridgehead atoms. The van der Waals surface area contributed by atoms with Crippen LogP contribution in [-0.4, -0.2) is 49.6 Å². The lowest BCUT2D eigenvalue weighted by Gasteiger charge is -2.27. The molecule has 186 valence electrons. The molecule has 4 rings (SSSR count). The molecule has 36 heavy (non-hydrogen) atoms. The van der Waals surface area contributed by atoms with Crippen molar-refractivity contribution in [2.45, 2.75) is 50.0 Å². The van der Waals surface area contributed by atoms with Crippen molar-refractivity contribution in [3.05, 3.63) is 64.7 Å². The second kappa shape index (κ2) is 10.4. The van der Waals surface area contributed by atoms with Gasteiger partial charge in [-0.25, -0.2) is 0 Å². The molecule has 1 atom stereocenters. The Bertz CT molecular complexity index is 1400. The van der Waals surface area contributed by atoms with E-state index in [9.17, 15) is 27.6 Å². The molecular weight excluding hydrogens is 484 g/mol. The molecule has 0 aromatic heterocycles. The fourth-order valence-corrected chi connectivity index (χ4v) is 4.98. The summed E-state index contributed by atoms with van der Waals surface area (Å²) in [6.45, 7) is 1.89. The van der Waals surface area contributed by atoms with Gasteiger partial charge in [0.25, 0.3) is 21.9 Å². The van der Waals surface area contributed by atoms with Crippen LogP contribution in [0.1, 0.15) is 63.9 Å². The summed E-state index contributed by atoms with van der Waals surface area (Å²) in [5.74, 6) is 3.57. The minimum absolute atomic E-state index is 0.0204. The minimum Gasteiger partial charge on any atom is -0.295 e. The Morgan fingerprint density at radius 2 is 1.78 bits per heavy atom. The van der Waals surface area contributed by atoms with Crippen LogP contribution in [0.15, 0.2) is 47.4 Å². The second-order valence-corrected chi connectivity index (χ2v) is 10.1. The first-order valence-corrected chi connectivity index (χ1v) is 12.9. The van der Waals surface area contributed by atoms with E-state index in [-0.39, 0.29) is 35.5 Å². The van der Waals surface area contributed by atoms with E-state index >= 15 is 0 Å². The summed E-state index contributed by atoms with van der Waals surface area (Å²) in [5.41, 5.74) is 1.64. The van der Waals surface area contributed by atoms with Crippen LogP contribution in [-0.2, 0) is 23.9 Å². The van der Waals surface area contributed by atoms with E-state index in [4.69, 9.17) is 4.18 Å². The number of hydrogen-bond acceptors (Lipinski definition) is 7. The topological polar surface area (TPSA) is 127 Å². The molecule has 2 heterocycles. The standard InChI is InChI=1S/C26H24N2O7S/c1-17-10-12-19(13-11-17)36(33,34)35-16-5-3-2-4-7-18-8-6-9-20-23(18)26(32)28(25(20)31)21-14-15-22(29)27-24(21)30/h6,8-13,21H,2-3,5,14-16H2,1H3,(H,27,29,30). The molecule has 2 aromatic carbocycles. The summed E-state index contributed by atoms with van der Waals surface area (Å²) in [6.07, 6.45) is 1.59. The Balaban J connectivity index is 1.34. The molecule has 4 amide bonds. The average molecular weight is 509 g/mol. The number of aryl methyl sites for hydroxylation is 1. The zero-order valence-corrected chi connectivity index (χ0v) is 20.4. The number of carbonyl (C=O) groups excluding carboxylic acids is 4. The van der Waals surface area contributed by atoms with Crippen LogP contribution in [0.2, 0.25) is 0 Å². The average Bonchev–Trinajstić information content (AvgIpc) is 3.09. The van der Waals surface area contributed by atoms with Gasteiger partial charge < -0.3 is 0 Å². The number of benzene rings is 2. The Morgan fingerprint density at radius 1 is 1.03 bits per heavy atom. The van der Waals surface area contributed by atoms with E-state index in [1.807, 2.05) is 6.92 Å². The minimum atomic E-state index is -3.81. The van der Waals surface area contributed by atoms with Gasteiger partial charge in [-0.15, -0.1) is 0 Å². The number of amides is 4. The van der Waals surface area contributed by atoms with Gasteiger partial charge in [-0.3, -0.25) is 33.6 Å². The predicted octanol–water partition coefficient (Wildman–Crippen LogP) is 2.32. The number of nitrogens with one attached hydrogen (secondary N) is 1. The highest BCUT2D eigenvalue weighted by atomic mass is 32.2. The van der Waals surface area contributed by atoms with Gasteiger partial charge >= 0.3 is 0 Å². The molecular formula is C26H24N2O7S. The summed E-state index contributed by atoms with van der Waals surface area (Å²) >= 11 is 0. The molecule has 0 saturated carbocycles. The fourth-order valence-electron chi connectivity index (χ4n) is 4.03. The number of fused-ring (bicyclic) bond motifs is 1. The first-order valence-electron chi connectivity index (χ1n) is 11.5. The van der Waals surface area contributed by atoms with Gasteiger partial charge in [0.15, 0.2) is 0 Å². The lowest BCUT2D eigenvalue weighted by Crippen LogP contribution is -2.54. The van der Waals surface area contributed by atoms with Crippen LogP contribution < -0.4 is 5.32 Å². The van der Waals surface area contributed by atoms with Gasteiger partial charge in [0.1, 0.15) is 6.04 Å². The lowest BCUT2D eigenvalue weighted by atomic mass is 10.0. The largest absolute Gasteiger partial charge is 0.296 e. The van der Waals surface area contributed by atoms with E-state index in [0.29, 0.717) is 24.8 Å². The van der Waals surface area contributed by atoms with Crippen LogP contribution in [0.3, 0.4) is 0 Å². The molecule has 10 heteroatoms. The molecule has 1 fully saturated rings. The maximum absolute atomic E-state index is 13.1. The summed E-state index contributed by atoms with van der Waals surface area (Å²) in [6, 6.07) is 10.1. The predicted molar refractivity (Wildman–Crippen MR) is 128 cm³/mol. The monoisotopic (exact) mass is 508 g/mol. The molecule has 9 nitrogen and oxygen atoms in total. The van der Waals surface area contributed by atoms with Gasteiger partial charge in [0.2, 0.25) is 11.8 Å². The summed E-state index contributed by atoms with van der Waals surface area (Å²) < 4.78 is 29.5. The molecule has 0 radical (unpaired) electrons. The third-order valence-electron chi connectivity index (χ3n) is 5.94. The molecule has 2 aromatic rings. The van der Waals surface area contributed by atoms with Crippen molar-refractivity contribution in [3.63, 3.8) is 0 Å². The third kappa shape index (κ3) is 5.22. The van der Waals surface area contributed by atoms with Crippen molar-refractivity contribution in [1.82, 2.24) is 10.2 Å². The number of unbranched alkanes of at least 4 members (excludes halogenated alkanes) is 2. The number of carbonyl (C=O) groups is 4. The molecule has 1 saturated heterocycles. The summed E-state index contributed by atoms with van der Waals surface area (Å²) in [7, 11) is -3.81. The lowest BCUT2D eigenvalue weighted by molar-refractivity contribution is -0.136. The highest BCUT2D eigenvalue weighted by molar-refractivity contribution is 7.86. The molecule has 2 aliphatic heterocycles. The highest BCUT2D eigenvalue weighted by Gasteiger charge is 2.45. The summed E-state index contributed by atoms with van der Waals surface area (Å²) in [4.78, 5) is 50.6. The quantitative estimate of drug-likeness (QED) is 0.263. The first kappa shape index (κ1) is 25.3. The van der Waals surface area contributed by atoms with Crippen molar-refractivity contribution < 1.29 is 31.8 Å². The maximum Gasteiger partial charge on any atom is 0.296 e. The number of piperidine rings is 1. The van der Waals surface area contributed by atoms with Crippen molar-refractivity contribution in [3.8, 4) is 11.8 Å². The Labute approximate surface area is 208 Å². The number of imide groups is 2. The SMILES string of the molecule is Cc1ccc(S(=O)(=O)OCCCCC#Cc2cccc3c2C(=O)N(C2CCC(=O)NC2=O)C3=O)cc1. The van der Waals surface area contributed by atoms with Gasteiger partial charge in [-0.2, -0.15) is 8.42 Å². The van der Waals surface area contributed by atoms with Gasteiger partial charge in [-0.05, 0) is 50.5 Å². The van der Waals surface area contributed by atoms with Crippen LogP contribution >= 0.6 is 0 Å². The Kier molecular flexibility index (Phi) is 7.33. The fraction of sp³-hybridized carbons (Fsp3) is 0.308. The van der Waals surface area contributed by atoms with Crippen LogP contribution in [0.5, 0.6) is 0 Å². The molecule has 1 unspecified atom stereocenters. The zero-order chi connectivity index (χ0) is 25.9. The smallest absolute Gasteiger partial charge is 0.295 e. The van der Waals surface area contributed by atoms with E-state index in [1.165, 1.54) is 18.2 Å². The van der Waals surface area contributed by atoms with Crippen LogP contribution in [0.4, 0.5) is 0 Å². The van der Waals surface area contributed by atoms with Crippen molar-refractivity contribution >= 4 is 33.7 Å². The third-order valence-corrected chi connectivity index (χ3v) is 7.26. The molecule has 0 spiro atoms. The maximum atomic E-state index is 13.1. The van der Waals surface area contributed by atoms with Gasteiger partial charge in [0, 0.05) is 18.4 Å². The normalized spacial score (nSPS) is 17.5. The van der Waals surface area contributed by atoms with E-state index in [2.05, 4.69) is 17.2 Å². The van der Waals surface area contributed by atoms with E-state index in [0.717, 1.165) is 10.5 Å². The van der Waals surface area contributed by atoms with Crippen LogP contribution in [0.25, 0.3) is 0 Å². The second-order valence-electron chi connectivity index (χ2n) is 8.52. The van der Waals surface area contributed by atoms with Crippen LogP contribution in [0, 0.1) is 18.8 Å². The Morgan fingerprint density at radius 3 is 2.50 bits per heavy atom. The first-order chi connectivity index (χ1) is 17.2. The summed E-state index contributed by atoms with van der Waals surface area (Å²) in [5, 5.41) is 2.17. The molecule has 0 aliphatic carbocycles. The Hall–Kier alpha value is -3.81. The van der Waals surface area contributed by atoms with Gasteiger partial charge in [-0.1, -0.05) is 35.6 Å². The number of hydrogen-bond donors (Lipinski definition) is 1. The van der Waals surface area contributed by atoms with E-state index < -0.39 is 39.8 Å². The van der Waals surface area contributed by atoms with Crippen molar-refractivity contribution in [2.75, 3.05) is 6.61 Å². The molecule has 1 N–H and O–H groups in total. The number of nitrogens with zero attached hydrogens (tertiary/aromatic N) is 1. The van der Waals surface area contributed by atoms with Crippen molar-refractivity contribution in [2.24, 2.45) is 0 Å². The van der Waals surface area contributed by atoms with Gasteiger partial charge in [0.05, 0.1) is 22.6 Å². The zero-order valence-electron chi connectivity index (χ0n) is 19.6. The highest BCUT2D eigenvalue weighted by Crippen LogP contribution is 2.29. The molecule has 2 aliphatic rings. The number of rotatable bonds is 7. The van der Waals surface area contributed by atoms with Crippen molar-refractivity contribution in [1.29, 1.82) is 0 Å². The van der Waals surface area contributed by atoms with E-state index in [1.54, 1.807) is 24.3 Å².